The van der Waals surface area contributed by atoms with E-state index in [4.69, 9.17) is 0 Å². The number of rotatable bonds is 1. The molecule has 0 saturated heterocycles. The van der Waals surface area contributed by atoms with Crippen molar-refractivity contribution in [3.63, 3.8) is 0 Å². The molecule has 0 aliphatic heterocycles. The number of thiol groups is 1. The van der Waals surface area contributed by atoms with E-state index in [0.29, 0.717) is 6.92 Å². The summed E-state index contributed by atoms with van der Waals surface area (Å²) >= 11 is 2.93. The summed E-state index contributed by atoms with van der Waals surface area (Å²) < 4.78 is 33.8. The Morgan fingerprint density at radius 2 is 1.71 bits per heavy atom. The van der Waals surface area contributed by atoms with E-state index in [2.05, 4.69) is 12.6 Å². The molecule has 0 radical (unpaired) electrons. The summed E-state index contributed by atoms with van der Waals surface area (Å²) in [6, 6.07) is 0. The highest BCUT2D eigenvalue weighted by molar-refractivity contribution is 7.81. The van der Waals surface area contributed by atoms with Crippen molar-refractivity contribution in [3.8, 4) is 0 Å². The number of hydrogen-bond acceptors (Lipinski definition) is 1. The minimum Gasteiger partial charge on any atom is -0.226 e. The maximum Gasteiger partial charge on any atom is 0.280 e. The Balaban J connectivity index is 3.54. The third-order valence-electron chi connectivity index (χ3n) is 0.398. The predicted octanol–water partition coefficient (Wildman–Crippen LogP) is 1.87. The van der Waals surface area contributed by atoms with Crippen molar-refractivity contribution in [2.45, 2.75) is 18.3 Å². The van der Waals surface area contributed by atoms with Gasteiger partial charge in [-0.05, 0) is 6.92 Å². The molecule has 0 rings (SSSR count). The first kappa shape index (κ1) is 7.14. The van der Waals surface area contributed by atoms with E-state index in [-0.39, 0.29) is 0 Å². The van der Waals surface area contributed by atoms with Gasteiger partial charge in [-0.3, -0.25) is 0 Å². The van der Waals surface area contributed by atoms with Gasteiger partial charge in [0.15, 0.2) is 0 Å². The van der Waals surface area contributed by atoms with E-state index >= 15 is 0 Å². The summed E-state index contributed by atoms with van der Waals surface area (Å²) in [5.41, 5.74) is 0. The van der Waals surface area contributed by atoms with E-state index in [9.17, 15) is 13.2 Å². The van der Waals surface area contributed by atoms with E-state index < -0.39 is 11.4 Å². The first-order valence-corrected chi connectivity index (χ1v) is 2.08. The van der Waals surface area contributed by atoms with Crippen LogP contribution < -0.4 is 0 Å². The number of alkyl halides is 3. The monoisotopic (exact) mass is 130 g/mol. The van der Waals surface area contributed by atoms with Crippen LogP contribution in [0.15, 0.2) is 0 Å². The molecule has 0 spiro atoms. The Bertz CT molecular complexity index is 55.7. The highest BCUT2D eigenvalue weighted by Crippen LogP contribution is 2.23. The van der Waals surface area contributed by atoms with Crippen LogP contribution in [0.5, 0.6) is 0 Å². The number of halogens is 3. The average molecular weight is 130 g/mol. The summed E-state index contributed by atoms with van der Waals surface area (Å²) in [5.74, 6) is 0. The van der Waals surface area contributed by atoms with E-state index in [0.717, 1.165) is 0 Å². The molecule has 0 aromatic carbocycles. The Morgan fingerprint density at radius 1 is 1.57 bits per heavy atom. The minimum atomic E-state index is -3.00. The Hall–Kier alpha value is 0.140. The van der Waals surface area contributed by atoms with Crippen molar-refractivity contribution in [1.29, 1.82) is 0 Å². The molecule has 0 aliphatic rings. The highest BCUT2D eigenvalue weighted by Gasteiger charge is 2.29. The molecule has 1 atom stereocenters. The lowest BCUT2D eigenvalue weighted by Crippen LogP contribution is -2.19. The van der Waals surface area contributed by atoms with E-state index in [1.165, 1.54) is 0 Å². The zero-order chi connectivity index (χ0) is 6.08. The van der Waals surface area contributed by atoms with Crippen LogP contribution in [-0.4, -0.2) is 11.4 Å². The second-order valence-corrected chi connectivity index (χ2v) is 2.20. The first-order valence-electron chi connectivity index (χ1n) is 1.64. The summed E-state index contributed by atoms with van der Waals surface area (Å²) in [4.78, 5) is 0. The van der Waals surface area contributed by atoms with Crippen molar-refractivity contribution in [1.82, 2.24) is 0 Å². The molecular formula is C3H5F3S. The van der Waals surface area contributed by atoms with Gasteiger partial charge in [0.1, 0.15) is 0 Å². The van der Waals surface area contributed by atoms with Crippen LogP contribution >= 0.6 is 12.6 Å². The molecule has 0 fully saturated rings. The van der Waals surface area contributed by atoms with Gasteiger partial charge < -0.3 is 0 Å². The topological polar surface area (TPSA) is 0 Å². The van der Waals surface area contributed by atoms with Gasteiger partial charge in [0.2, 0.25) is 5.00 Å². The molecule has 0 saturated carbocycles. The molecule has 0 aromatic heterocycles. The van der Waals surface area contributed by atoms with Crippen molar-refractivity contribution < 1.29 is 13.2 Å². The molecule has 4 heteroatoms. The smallest absolute Gasteiger partial charge is 0.226 e. The zero-order valence-corrected chi connectivity index (χ0v) is 4.55. The van der Waals surface area contributed by atoms with Crippen LogP contribution in [-0.2, 0) is 0 Å². The second-order valence-electron chi connectivity index (χ2n) is 1.32. The Labute approximate surface area is 45.1 Å². The summed E-state index contributed by atoms with van der Waals surface area (Å²) in [7, 11) is 0. The van der Waals surface area contributed by atoms with Crippen molar-refractivity contribution in [2.24, 2.45) is 0 Å². The molecule has 0 aromatic rings. The molecule has 1 unspecified atom stereocenters. The lowest BCUT2D eigenvalue weighted by Gasteiger charge is -2.09. The van der Waals surface area contributed by atoms with Crippen LogP contribution in [0.25, 0.3) is 0 Å². The van der Waals surface area contributed by atoms with Crippen LogP contribution in [0.3, 0.4) is 0 Å². The van der Waals surface area contributed by atoms with Gasteiger partial charge in [-0.2, -0.15) is 0 Å². The van der Waals surface area contributed by atoms with Gasteiger partial charge in [0.05, 0.1) is 0 Å². The largest absolute Gasteiger partial charge is 0.280 e. The standard InChI is InChI=1S/C3H5F3S/c1-3(6,7)2(4)5/h2,7H,1H3. The van der Waals surface area contributed by atoms with Gasteiger partial charge in [0.25, 0.3) is 6.43 Å². The van der Waals surface area contributed by atoms with Crippen molar-refractivity contribution in [3.05, 3.63) is 0 Å². The third kappa shape index (κ3) is 2.79. The van der Waals surface area contributed by atoms with Crippen LogP contribution in [0.1, 0.15) is 6.92 Å². The number of hydrogen-bond donors (Lipinski definition) is 1. The van der Waals surface area contributed by atoms with Gasteiger partial charge in [-0.15, -0.1) is 12.6 Å². The lowest BCUT2D eigenvalue weighted by atomic mass is 10.5. The maximum absolute atomic E-state index is 11.6. The lowest BCUT2D eigenvalue weighted by molar-refractivity contribution is 0.0399. The van der Waals surface area contributed by atoms with Gasteiger partial charge in [-0.1, -0.05) is 0 Å². The molecule has 0 heterocycles. The van der Waals surface area contributed by atoms with E-state index in [1.54, 1.807) is 0 Å². The van der Waals surface area contributed by atoms with E-state index in [1.807, 2.05) is 0 Å². The predicted molar refractivity (Wildman–Crippen MR) is 24.5 cm³/mol. The third-order valence-corrected chi connectivity index (χ3v) is 0.593. The Kier molecular flexibility index (Phi) is 1.98. The summed E-state index contributed by atoms with van der Waals surface area (Å²) in [5, 5.41) is -2.64. The van der Waals surface area contributed by atoms with Crippen molar-refractivity contribution in [2.75, 3.05) is 0 Å². The molecule has 0 aliphatic carbocycles. The molecule has 44 valence electrons. The SMILES string of the molecule is CC(F)(S)C(F)F. The average Bonchev–Trinajstić information content (AvgIpc) is 1.31. The fourth-order valence-corrected chi connectivity index (χ4v) is 0. The second kappa shape index (κ2) is 1.94. The Morgan fingerprint density at radius 3 is 1.71 bits per heavy atom. The molecule has 0 amide bonds. The van der Waals surface area contributed by atoms with Crippen molar-refractivity contribution >= 4 is 12.6 Å². The molecule has 0 nitrogen and oxygen atoms in total. The van der Waals surface area contributed by atoms with Gasteiger partial charge in [0, 0.05) is 0 Å². The van der Waals surface area contributed by atoms with Crippen LogP contribution in [0.4, 0.5) is 13.2 Å². The molecule has 7 heavy (non-hydrogen) atoms. The van der Waals surface area contributed by atoms with Crippen LogP contribution in [0, 0.1) is 0 Å². The molecular weight excluding hydrogens is 125 g/mol. The summed E-state index contributed by atoms with van der Waals surface area (Å²) in [6.45, 7) is 0.709. The maximum atomic E-state index is 11.6. The highest BCUT2D eigenvalue weighted by atomic mass is 32.1. The fraction of sp³-hybridized carbons (Fsp3) is 1.00. The normalized spacial score (nSPS) is 19.7. The molecule has 0 N–H and O–H groups in total. The zero-order valence-electron chi connectivity index (χ0n) is 3.66. The van der Waals surface area contributed by atoms with Crippen LogP contribution in [0.2, 0.25) is 0 Å². The quantitative estimate of drug-likeness (QED) is 0.514. The van der Waals surface area contributed by atoms with Gasteiger partial charge in [-0.25, -0.2) is 13.2 Å². The van der Waals surface area contributed by atoms with Gasteiger partial charge >= 0.3 is 0 Å². The minimum absolute atomic E-state index is 0.709. The summed E-state index contributed by atoms with van der Waals surface area (Å²) in [6.07, 6.45) is -3.00. The fourth-order valence-electron chi connectivity index (χ4n) is 0. The molecule has 0 bridgehead atoms. The first-order chi connectivity index (χ1) is 2.94.